The standard InChI is InChI=1S/C22H23N7OS/c1-14-11-15(2)26-21(25-14)28-20(24-13-17-5-4-10-23-12-17)29-22(31)27-19-8-6-18(7-9-19)16(3)30/h4-12H,13H2,1-3H3,(H3,24,25,26,27,28,29,31). The first kappa shape index (κ1) is 22.0. The van der Waals surface area contributed by atoms with E-state index in [1.165, 1.54) is 6.92 Å². The van der Waals surface area contributed by atoms with Crippen LogP contribution in [-0.2, 0) is 6.54 Å². The van der Waals surface area contributed by atoms with Gasteiger partial charge in [-0.2, -0.15) is 0 Å². The van der Waals surface area contributed by atoms with Crippen LogP contribution < -0.4 is 16.0 Å². The van der Waals surface area contributed by atoms with Crippen molar-refractivity contribution in [2.24, 2.45) is 4.99 Å². The number of nitrogens with one attached hydrogen (secondary N) is 3. The van der Waals surface area contributed by atoms with Gasteiger partial charge in [0.15, 0.2) is 10.9 Å². The lowest BCUT2D eigenvalue weighted by atomic mass is 10.1. The lowest BCUT2D eigenvalue weighted by Gasteiger charge is -2.14. The highest BCUT2D eigenvalue weighted by Gasteiger charge is 2.08. The van der Waals surface area contributed by atoms with Crippen LogP contribution in [0.3, 0.4) is 0 Å². The minimum absolute atomic E-state index is 0.00900. The zero-order valence-electron chi connectivity index (χ0n) is 17.5. The molecule has 0 fully saturated rings. The second kappa shape index (κ2) is 10.4. The minimum Gasteiger partial charge on any atom is -0.332 e. The number of benzene rings is 1. The maximum absolute atomic E-state index is 11.4. The number of aliphatic imine (C=N–C) groups is 1. The highest BCUT2D eigenvalue weighted by molar-refractivity contribution is 7.80. The van der Waals surface area contributed by atoms with Crippen LogP contribution in [0.4, 0.5) is 11.6 Å². The number of thiocarbonyl (C=S) groups is 1. The summed E-state index contributed by atoms with van der Waals surface area (Å²) < 4.78 is 0. The molecule has 0 radical (unpaired) electrons. The van der Waals surface area contributed by atoms with Gasteiger partial charge in [0.05, 0.1) is 6.54 Å². The van der Waals surface area contributed by atoms with Gasteiger partial charge in [0, 0.05) is 35.0 Å². The van der Waals surface area contributed by atoms with Gasteiger partial charge in [-0.05, 0) is 75.0 Å². The number of aromatic nitrogens is 3. The van der Waals surface area contributed by atoms with Crippen molar-refractivity contribution in [1.29, 1.82) is 0 Å². The van der Waals surface area contributed by atoms with Crippen molar-refractivity contribution in [3.63, 3.8) is 0 Å². The number of ketones is 1. The highest BCUT2D eigenvalue weighted by atomic mass is 32.1. The van der Waals surface area contributed by atoms with Crippen LogP contribution in [0.1, 0.15) is 34.2 Å². The fraction of sp³-hybridized carbons (Fsp3) is 0.182. The molecule has 0 aliphatic carbocycles. The lowest BCUT2D eigenvalue weighted by Crippen LogP contribution is -2.39. The third-order valence-electron chi connectivity index (χ3n) is 4.14. The normalized spacial score (nSPS) is 11.0. The van der Waals surface area contributed by atoms with E-state index >= 15 is 0 Å². The summed E-state index contributed by atoms with van der Waals surface area (Å²) in [5.74, 6) is 0.824. The van der Waals surface area contributed by atoms with E-state index in [1.807, 2.05) is 32.0 Å². The quantitative estimate of drug-likeness (QED) is 0.242. The molecule has 0 atom stereocenters. The van der Waals surface area contributed by atoms with Crippen LogP contribution in [-0.4, -0.2) is 31.8 Å². The third kappa shape index (κ3) is 6.93. The largest absolute Gasteiger partial charge is 0.332 e. The molecule has 0 saturated heterocycles. The molecule has 8 nitrogen and oxygen atoms in total. The lowest BCUT2D eigenvalue weighted by molar-refractivity contribution is 0.101. The predicted octanol–water partition coefficient (Wildman–Crippen LogP) is 3.65. The van der Waals surface area contributed by atoms with Crippen molar-refractivity contribution in [1.82, 2.24) is 20.3 Å². The molecule has 0 unspecified atom stereocenters. The molecule has 0 spiro atoms. The molecular weight excluding hydrogens is 410 g/mol. The minimum atomic E-state index is 0.00900. The Hall–Kier alpha value is -3.72. The van der Waals surface area contributed by atoms with E-state index in [4.69, 9.17) is 12.2 Å². The number of aryl methyl sites for hydroxylation is 2. The van der Waals surface area contributed by atoms with Crippen LogP contribution in [0.2, 0.25) is 0 Å². The molecule has 0 saturated carbocycles. The van der Waals surface area contributed by atoms with Crippen LogP contribution in [0.5, 0.6) is 0 Å². The van der Waals surface area contributed by atoms with Gasteiger partial charge in [0.2, 0.25) is 11.9 Å². The molecule has 3 rings (SSSR count). The zero-order valence-corrected chi connectivity index (χ0v) is 18.3. The Morgan fingerprint density at radius 1 is 1.06 bits per heavy atom. The Morgan fingerprint density at radius 2 is 1.77 bits per heavy atom. The van der Waals surface area contributed by atoms with Crippen molar-refractivity contribution >= 4 is 40.7 Å². The van der Waals surface area contributed by atoms with Crippen molar-refractivity contribution in [3.8, 4) is 0 Å². The fourth-order valence-corrected chi connectivity index (χ4v) is 2.93. The third-order valence-corrected chi connectivity index (χ3v) is 4.34. The van der Waals surface area contributed by atoms with Gasteiger partial charge in [0.1, 0.15) is 0 Å². The first-order chi connectivity index (χ1) is 14.9. The van der Waals surface area contributed by atoms with Crippen LogP contribution in [0.25, 0.3) is 0 Å². The van der Waals surface area contributed by atoms with Crippen molar-refractivity contribution in [2.75, 3.05) is 10.6 Å². The molecular formula is C22H23N7OS. The fourth-order valence-electron chi connectivity index (χ4n) is 2.72. The number of anilines is 2. The number of carbonyl (C=O) groups excluding carboxylic acids is 1. The molecule has 1 aromatic carbocycles. The summed E-state index contributed by atoms with van der Waals surface area (Å²) in [6.45, 7) is 5.72. The summed E-state index contributed by atoms with van der Waals surface area (Å²) in [4.78, 5) is 28.9. The van der Waals surface area contributed by atoms with Gasteiger partial charge < -0.3 is 10.6 Å². The summed E-state index contributed by atoms with van der Waals surface area (Å²) >= 11 is 5.43. The van der Waals surface area contributed by atoms with Gasteiger partial charge >= 0.3 is 0 Å². The maximum atomic E-state index is 11.4. The van der Waals surface area contributed by atoms with Gasteiger partial charge in [-0.1, -0.05) is 6.07 Å². The smallest absolute Gasteiger partial charge is 0.229 e. The molecule has 0 aliphatic heterocycles. The van der Waals surface area contributed by atoms with Gasteiger partial charge in [0.25, 0.3) is 0 Å². The van der Waals surface area contributed by atoms with Crippen LogP contribution in [0, 0.1) is 13.8 Å². The Balaban J connectivity index is 1.74. The number of rotatable bonds is 5. The van der Waals surface area contributed by atoms with Gasteiger partial charge in [-0.25, -0.2) is 15.0 Å². The Bertz CT molecular complexity index is 1080. The molecule has 3 N–H and O–H groups in total. The number of Topliss-reactive ketones (excluding diaryl/α,β-unsaturated/α-hetero) is 1. The molecule has 2 heterocycles. The molecule has 31 heavy (non-hydrogen) atoms. The summed E-state index contributed by atoms with van der Waals surface area (Å²) in [6, 6.07) is 12.7. The number of pyridine rings is 1. The first-order valence-electron chi connectivity index (χ1n) is 9.61. The van der Waals surface area contributed by atoms with Gasteiger partial charge in [-0.15, -0.1) is 0 Å². The number of hydrogen-bond donors (Lipinski definition) is 3. The van der Waals surface area contributed by atoms with Crippen LogP contribution in [0.15, 0.2) is 59.9 Å². The van der Waals surface area contributed by atoms with E-state index in [2.05, 4.69) is 35.9 Å². The van der Waals surface area contributed by atoms with Crippen molar-refractivity contribution < 1.29 is 4.79 Å². The molecule has 0 amide bonds. The number of hydrogen-bond acceptors (Lipinski definition) is 6. The second-order valence-electron chi connectivity index (χ2n) is 6.84. The summed E-state index contributed by atoms with van der Waals surface area (Å²) in [7, 11) is 0. The summed E-state index contributed by atoms with van der Waals surface area (Å²) in [5.41, 5.74) is 4.01. The topological polar surface area (TPSA) is 104 Å². The second-order valence-corrected chi connectivity index (χ2v) is 7.25. The van der Waals surface area contributed by atoms with E-state index in [0.717, 1.165) is 22.6 Å². The highest BCUT2D eigenvalue weighted by Crippen LogP contribution is 2.10. The average Bonchev–Trinajstić information content (AvgIpc) is 2.72. The summed E-state index contributed by atoms with van der Waals surface area (Å²) in [6.07, 6.45) is 3.46. The Kier molecular flexibility index (Phi) is 7.34. The molecule has 0 bridgehead atoms. The molecule has 2 aromatic heterocycles. The van der Waals surface area contributed by atoms with E-state index in [-0.39, 0.29) is 5.78 Å². The summed E-state index contributed by atoms with van der Waals surface area (Å²) in [5, 5.41) is 9.56. The monoisotopic (exact) mass is 433 g/mol. The Morgan fingerprint density at radius 3 is 2.39 bits per heavy atom. The number of nitrogens with zero attached hydrogens (tertiary/aromatic N) is 4. The molecule has 3 aromatic rings. The predicted molar refractivity (Wildman–Crippen MR) is 126 cm³/mol. The van der Waals surface area contributed by atoms with E-state index in [9.17, 15) is 4.79 Å². The van der Waals surface area contributed by atoms with Gasteiger partial charge in [-0.3, -0.25) is 15.1 Å². The Labute approximate surface area is 186 Å². The van der Waals surface area contributed by atoms with Crippen molar-refractivity contribution in [2.45, 2.75) is 27.3 Å². The maximum Gasteiger partial charge on any atom is 0.229 e. The van der Waals surface area contributed by atoms with Crippen molar-refractivity contribution in [3.05, 3.63) is 77.4 Å². The first-order valence-corrected chi connectivity index (χ1v) is 10.0. The molecule has 9 heteroatoms. The van der Waals surface area contributed by atoms with E-state index in [1.54, 1.807) is 36.7 Å². The zero-order chi connectivity index (χ0) is 22.2. The number of guanidine groups is 1. The number of carbonyl (C=O) groups is 1. The van der Waals surface area contributed by atoms with Crippen LogP contribution >= 0.6 is 12.2 Å². The SMILES string of the molecule is CC(=O)c1ccc(NC(=S)NC(=NCc2cccnc2)Nc2nc(C)cc(C)n2)cc1. The average molecular weight is 434 g/mol. The molecule has 0 aliphatic rings. The molecule has 158 valence electrons. The van der Waals surface area contributed by atoms with E-state index < -0.39 is 0 Å². The van der Waals surface area contributed by atoms with E-state index in [0.29, 0.717) is 29.1 Å².